The molecule has 0 unspecified atom stereocenters. The zero-order chi connectivity index (χ0) is 21.5. The summed E-state index contributed by atoms with van der Waals surface area (Å²) in [4.78, 5) is 35.6. The zero-order valence-corrected chi connectivity index (χ0v) is 17.3. The minimum absolute atomic E-state index is 0.0406. The molecule has 5 rings (SSSR count). The van der Waals surface area contributed by atoms with Crippen molar-refractivity contribution in [3.8, 4) is 11.4 Å². The lowest BCUT2D eigenvalue weighted by Crippen LogP contribution is -2.24. The first-order chi connectivity index (χ1) is 15.0. The van der Waals surface area contributed by atoms with Crippen LogP contribution in [0.1, 0.15) is 30.8 Å². The van der Waals surface area contributed by atoms with Crippen molar-refractivity contribution >= 4 is 22.6 Å². The second-order valence-electron chi connectivity index (χ2n) is 7.65. The van der Waals surface area contributed by atoms with E-state index in [0.717, 1.165) is 16.8 Å². The van der Waals surface area contributed by atoms with Gasteiger partial charge in [-0.25, -0.2) is 4.98 Å². The molecule has 1 atom stereocenters. The summed E-state index contributed by atoms with van der Waals surface area (Å²) in [7, 11) is 0. The Morgan fingerprint density at radius 1 is 1.10 bits per heavy atom. The Hall–Kier alpha value is -3.81. The number of anilines is 1. The van der Waals surface area contributed by atoms with Crippen LogP contribution in [0.4, 0.5) is 5.69 Å². The largest absolute Gasteiger partial charge is 0.339 e. The maximum absolute atomic E-state index is 12.5. The molecule has 8 nitrogen and oxygen atoms in total. The van der Waals surface area contributed by atoms with Crippen molar-refractivity contribution in [3.63, 3.8) is 0 Å². The second-order valence-corrected chi connectivity index (χ2v) is 7.65. The first-order valence-electron chi connectivity index (χ1n) is 10.3. The van der Waals surface area contributed by atoms with E-state index in [1.807, 2.05) is 55.5 Å². The van der Waals surface area contributed by atoms with E-state index in [1.165, 1.54) is 0 Å². The van der Waals surface area contributed by atoms with Crippen LogP contribution in [0.3, 0.4) is 0 Å². The number of carbonyl (C=O) groups excluding carboxylic acids is 1. The monoisotopic (exact) mass is 415 g/mol. The van der Waals surface area contributed by atoms with E-state index < -0.39 is 0 Å². The van der Waals surface area contributed by atoms with Crippen molar-refractivity contribution in [1.29, 1.82) is 0 Å². The van der Waals surface area contributed by atoms with Crippen molar-refractivity contribution in [2.75, 3.05) is 11.4 Å². The molecule has 1 aliphatic rings. The predicted molar refractivity (Wildman–Crippen MR) is 116 cm³/mol. The number of fused-ring (bicyclic) bond motifs is 1. The van der Waals surface area contributed by atoms with Gasteiger partial charge in [0, 0.05) is 30.8 Å². The summed E-state index contributed by atoms with van der Waals surface area (Å²) in [5.41, 5.74) is 3.46. The van der Waals surface area contributed by atoms with E-state index in [-0.39, 0.29) is 17.4 Å². The third kappa shape index (κ3) is 3.30. The number of para-hydroxylation sites is 1. The van der Waals surface area contributed by atoms with E-state index in [0.29, 0.717) is 42.4 Å². The fraction of sp³-hybridized carbons (Fsp3) is 0.261. The minimum atomic E-state index is -0.153. The second kappa shape index (κ2) is 7.46. The van der Waals surface area contributed by atoms with Crippen molar-refractivity contribution in [3.05, 3.63) is 70.5 Å². The smallest absolute Gasteiger partial charge is 0.272 e. The number of carbonyl (C=O) groups is 1. The van der Waals surface area contributed by atoms with Gasteiger partial charge in [-0.2, -0.15) is 4.98 Å². The van der Waals surface area contributed by atoms with Gasteiger partial charge in [0.15, 0.2) is 0 Å². The molecule has 1 amide bonds. The number of rotatable bonds is 4. The van der Waals surface area contributed by atoms with Gasteiger partial charge in [-0.15, -0.1) is 0 Å². The molecule has 0 saturated carbocycles. The molecule has 4 aromatic rings. The minimum Gasteiger partial charge on any atom is -0.339 e. The molecule has 1 saturated heterocycles. The van der Waals surface area contributed by atoms with E-state index in [1.54, 1.807) is 16.4 Å². The summed E-state index contributed by atoms with van der Waals surface area (Å²) in [5.74, 6) is 0.777. The van der Waals surface area contributed by atoms with E-state index in [9.17, 15) is 9.59 Å². The van der Waals surface area contributed by atoms with Crippen LogP contribution in [0.25, 0.3) is 22.4 Å². The third-order valence-corrected chi connectivity index (χ3v) is 5.67. The highest BCUT2D eigenvalue weighted by molar-refractivity contribution is 5.96. The van der Waals surface area contributed by atoms with Crippen LogP contribution in [0.2, 0.25) is 0 Å². The lowest BCUT2D eigenvalue weighted by molar-refractivity contribution is -0.117. The molecule has 0 spiro atoms. The summed E-state index contributed by atoms with van der Waals surface area (Å²) in [6.07, 6.45) is 0.331. The summed E-state index contributed by atoms with van der Waals surface area (Å²) in [5, 5.41) is 4.13. The third-order valence-electron chi connectivity index (χ3n) is 5.67. The molecule has 0 N–H and O–H groups in total. The first kappa shape index (κ1) is 19.2. The number of hydrogen-bond donors (Lipinski definition) is 0. The summed E-state index contributed by atoms with van der Waals surface area (Å²) in [6, 6.07) is 15.1. The Bertz CT molecular complexity index is 1340. The number of nitrogens with zero attached hydrogens (tertiary/aromatic N) is 5. The SMILES string of the molecule is CCn1c(=O)c(C)nc2cc(-c3noc([C@H]4CC(=O)N(c5ccccc5)C4)n3)ccc21. The maximum Gasteiger partial charge on any atom is 0.272 e. The molecule has 8 heteroatoms. The van der Waals surface area contributed by atoms with Crippen molar-refractivity contribution in [2.45, 2.75) is 32.7 Å². The molecular weight excluding hydrogens is 394 g/mol. The van der Waals surface area contributed by atoms with Crippen LogP contribution in [0, 0.1) is 6.92 Å². The van der Waals surface area contributed by atoms with Crippen LogP contribution in [-0.4, -0.2) is 32.1 Å². The van der Waals surface area contributed by atoms with Gasteiger partial charge >= 0.3 is 0 Å². The molecule has 3 heterocycles. The van der Waals surface area contributed by atoms with E-state index in [4.69, 9.17) is 4.52 Å². The molecule has 0 bridgehead atoms. The van der Waals surface area contributed by atoms with Crippen LogP contribution < -0.4 is 10.5 Å². The average Bonchev–Trinajstić information content (AvgIpc) is 3.42. The molecule has 2 aromatic carbocycles. The van der Waals surface area contributed by atoms with Gasteiger partial charge in [-0.05, 0) is 44.2 Å². The fourth-order valence-electron chi connectivity index (χ4n) is 4.08. The van der Waals surface area contributed by atoms with Crippen molar-refractivity contribution in [1.82, 2.24) is 19.7 Å². The van der Waals surface area contributed by atoms with Crippen molar-refractivity contribution < 1.29 is 9.32 Å². The molecule has 156 valence electrons. The average molecular weight is 415 g/mol. The number of amides is 1. The Labute approximate surface area is 178 Å². The van der Waals surface area contributed by atoms with Crippen LogP contribution in [0.5, 0.6) is 0 Å². The Morgan fingerprint density at radius 3 is 2.68 bits per heavy atom. The normalized spacial score (nSPS) is 16.4. The topological polar surface area (TPSA) is 94.1 Å². The number of aromatic nitrogens is 4. The van der Waals surface area contributed by atoms with Gasteiger partial charge in [0.2, 0.25) is 17.6 Å². The lowest BCUT2D eigenvalue weighted by Gasteiger charge is -2.15. The van der Waals surface area contributed by atoms with Gasteiger partial charge in [-0.1, -0.05) is 23.4 Å². The number of benzene rings is 2. The summed E-state index contributed by atoms with van der Waals surface area (Å²) >= 11 is 0. The standard InChI is InChI=1S/C23H21N5O3/c1-3-27-19-10-9-15(11-18(19)24-14(2)23(27)30)21-25-22(31-26-21)16-12-20(29)28(13-16)17-7-5-4-6-8-17/h4-11,16H,3,12-13H2,1-2H3/t16-/m0/s1. The lowest BCUT2D eigenvalue weighted by atomic mass is 10.1. The molecular formula is C23H21N5O3. The molecule has 1 fully saturated rings. The van der Waals surface area contributed by atoms with Crippen LogP contribution >= 0.6 is 0 Å². The molecule has 2 aromatic heterocycles. The fourth-order valence-corrected chi connectivity index (χ4v) is 4.08. The number of aryl methyl sites for hydroxylation is 2. The van der Waals surface area contributed by atoms with Gasteiger partial charge in [0.05, 0.1) is 17.0 Å². The molecule has 0 radical (unpaired) electrons. The predicted octanol–water partition coefficient (Wildman–Crippen LogP) is 3.30. The van der Waals surface area contributed by atoms with Gasteiger partial charge < -0.3 is 14.0 Å². The Kier molecular flexibility index (Phi) is 4.62. The zero-order valence-electron chi connectivity index (χ0n) is 17.3. The Balaban J connectivity index is 1.45. The maximum atomic E-state index is 12.5. The van der Waals surface area contributed by atoms with E-state index in [2.05, 4.69) is 15.1 Å². The van der Waals surface area contributed by atoms with Gasteiger partial charge in [0.25, 0.3) is 5.56 Å². The van der Waals surface area contributed by atoms with Crippen LogP contribution in [-0.2, 0) is 11.3 Å². The highest BCUT2D eigenvalue weighted by atomic mass is 16.5. The molecule has 31 heavy (non-hydrogen) atoms. The molecule has 1 aliphatic heterocycles. The highest BCUT2D eigenvalue weighted by Crippen LogP contribution is 2.32. The van der Waals surface area contributed by atoms with E-state index >= 15 is 0 Å². The van der Waals surface area contributed by atoms with Gasteiger partial charge in [-0.3, -0.25) is 9.59 Å². The highest BCUT2D eigenvalue weighted by Gasteiger charge is 2.35. The summed E-state index contributed by atoms with van der Waals surface area (Å²) in [6.45, 7) is 4.72. The summed E-state index contributed by atoms with van der Waals surface area (Å²) < 4.78 is 7.22. The number of hydrogen-bond acceptors (Lipinski definition) is 6. The van der Waals surface area contributed by atoms with Crippen molar-refractivity contribution in [2.24, 2.45) is 0 Å². The first-order valence-corrected chi connectivity index (χ1v) is 10.3. The molecule has 0 aliphatic carbocycles. The quantitative estimate of drug-likeness (QED) is 0.508. The van der Waals surface area contributed by atoms with Gasteiger partial charge in [0.1, 0.15) is 5.69 Å². The Morgan fingerprint density at radius 2 is 1.90 bits per heavy atom. The van der Waals surface area contributed by atoms with Crippen LogP contribution in [0.15, 0.2) is 57.8 Å².